The van der Waals surface area contributed by atoms with Crippen molar-refractivity contribution in [2.24, 2.45) is 4.99 Å². The normalized spacial score (nSPS) is 20.8. The zero-order chi connectivity index (χ0) is 22.8. The van der Waals surface area contributed by atoms with E-state index >= 15 is 0 Å². The number of hydrogen-bond donors (Lipinski definition) is 2. The first-order valence-electron chi connectivity index (χ1n) is 12.3. The van der Waals surface area contributed by atoms with Crippen LogP contribution in [0.3, 0.4) is 0 Å². The van der Waals surface area contributed by atoms with Crippen molar-refractivity contribution in [2.45, 2.75) is 57.5 Å². The molecule has 2 N–H and O–H groups in total. The van der Waals surface area contributed by atoms with Crippen molar-refractivity contribution in [3.8, 4) is 0 Å². The summed E-state index contributed by atoms with van der Waals surface area (Å²) in [4.78, 5) is 23.8. The van der Waals surface area contributed by atoms with Crippen LogP contribution in [0.5, 0.6) is 0 Å². The number of guanidine groups is 1. The molecule has 0 bridgehead atoms. The highest BCUT2D eigenvalue weighted by atomic mass is 127. The highest BCUT2D eigenvalue weighted by molar-refractivity contribution is 14.0. The fourth-order valence-corrected chi connectivity index (χ4v) is 4.78. The van der Waals surface area contributed by atoms with Gasteiger partial charge in [-0.3, -0.25) is 19.6 Å². The van der Waals surface area contributed by atoms with E-state index in [0.29, 0.717) is 6.54 Å². The molecule has 2 fully saturated rings. The Bertz CT molecular complexity index is 706. The number of likely N-dealkylation sites (tertiary alicyclic amines) is 2. The predicted molar refractivity (Wildman–Crippen MR) is 144 cm³/mol. The Labute approximate surface area is 216 Å². The lowest BCUT2D eigenvalue weighted by molar-refractivity contribution is -0.133. The van der Waals surface area contributed by atoms with E-state index in [9.17, 15) is 4.79 Å². The van der Waals surface area contributed by atoms with Crippen LogP contribution in [0.4, 0.5) is 0 Å². The fraction of sp³-hybridized carbons (Fsp3) is 0.750. The number of nitrogens with one attached hydrogen (secondary N) is 2. The number of nitrogens with zero attached hydrogens (tertiary/aromatic N) is 4. The molecule has 33 heavy (non-hydrogen) atoms. The van der Waals surface area contributed by atoms with Gasteiger partial charge in [0.25, 0.3) is 0 Å². The van der Waals surface area contributed by atoms with E-state index in [0.717, 1.165) is 70.3 Å². The maximum atomic E-state index is 12.4. The minimum Gasteiger partial charge on any atom is -0.468 e. The molecule has 0 spiro atoms. The lowest BCUT2D eigenvalue weighted by Gasteiger charge is -2.32. The number of likely N-dealkylation sites (N-methyl/N-ethyl adjacent to an activating group) is 1. The summed E-state index contributed by atoms with van der Waals surface area (Å²) in [5.74, 6) is 2.08. The van der Waals surface area contributed by atoms with E-state index in [-0.39, 0.29) is 42.0 Å². The molecule has 1 aromatic rings. The molecule has 2 atom stereocenters. The minimum absolute atomic E-state index is 0. The van der Waals surface area contributed by atoms with E-state index in [1.54, 1.807) is 11.2 Å². The summed E-state index contributed by atoms with van der Waals surface area (Å²) in [5, 5.41) is 6.85. The summed E-state index contributed by atoms with van der Waals surface area (Å²) in [5.41, 5.74) is 0. The molecule has 2 aliphatic rings. The number of carbonyl (C=O) groups is 1. The molecule has 2 aliphatic heterocycles. The van der Waals surface area contributed by atoms with Crippen molar-refractivity contribution in [3.05, 3.63) is 24.2 Å². The average molecular weight is 575 g/mol. The smallest absolute Gasteiger partial charge is 0.239 e. The number of amides is 1. The molecule has 3 rings (SSSR count). The molecule has 2 saturated heterocycles. The van der Waals surface area contributed by atoms with E-state index in [1.165, 1.54) is 19.3 Å². The zero-order valence-corrected chi connectivity index (χ0v) is 22.9. The number of hydrogen-bond acceptors (Lipinski definition) is 5. The highest BCUT2D eigenvalue weighted by Crippen LogP contribution is 2.25. The van der Waals surface area contributed by atoms with Crippen molar-refractivity contribution in [2.75, 3.05) is 59.9 Å². The van der Waals surface area contributed by atoms with Crippen LogP contribution in [-0.4, -0.2) is 92.5 Å². The molecule has 9 heteroatoms. The summed E-state index contributed by atoms with van der Waals surface area (Å²) < 4.78 is 5.75. The molecule has 3 heterocycles. The monoisotopic (exact) mass is 574 g/mol. The third-order valence-corrected chi connectivity index (χ3v) is 6.47. The van der Waals surface area contributed by atoms with E-state index in [1.807, 2.05) is 20.2 Å². The number of rotatable bonds is 10. The van der Waals surface area contributed by atoms with Crippen molar-refractivity contribution < 1.29 is 9.21 Å². The van der Waals surface area contributed by atoms with Crippen LogP contribution in [0.2, 0.25) is 0 Å². The third kappa shape index (κ3) is 8.43. The topological polar surface area (TPSA) is 76.4 Å². The predicted octanol–water partition coefficient (Wildman–Crippen LogP) is 2.92. The van der Waals surface area contributed by atoms with Gasteiger partial charge in [-0.05, 0) is 70.8 Å². The van der Waals surface area contributed by atoms with E-state index in [4.69, 9.17) is 9.41 Å². The van der Waals surface area contributed by atoms with Gasteiger partial charge in [0.05, 0.1) is 24.9 Å². The summed E-state index contributed by atoms with van der Waals surface area (Å²) in [6, 6.07) is 4.26. The molecule has 188 valence electrons. The molecule has 8 nitrogen and oxygen atoms in total. The summed E-state index contributed by atoms with van der Waals surface area (Å²) >= 11 is 0. The third-order valence-electron chi connectivity index (χ3n) is 6.47. The van der Waals surface area contributed by atoms with Crippen molar-refractivity contribution in [1.82, 2.24) is 25.3 Å². The molecule has 0 aromatic carbocycles. The van der Waals surface area contributed by atoms with Gasteiger partial charge < -0.3 is 20.0 Å². The van der Waals surface area contributed by atoms with Crippen LogP contribution < -0.4 is 10.6 Å². The van der Waals surface area contributed by atoms with Gasteiger partial charge in [0, 0.05) is 33.7 Å². The fourth-order valence-electron chi connectivity index (χ4n) is 4.78. The number of piperidine rings is 1. The standard InChI is InChI=1S/C24H42N6O2.HI/c1-4-25-24(26-13-10-17-29-16-8-11-20(29)23(31)28(2)3)27-19-21(22-12-9-18-32-22)30-14-6-5-7-15-30;/h9,12,18,20-21H,4-8,10-11,13-17,19H2,1-3H3,(H2,25,26,27);1H. The van der Waals surface area contributed by atoms with Crippen LogP contribution in [0.15, 0.2) is 27.8 Å². The largest absolute Gasteiger partial charge is 0.468 e. The second kappa shape index (κ2) is 14.8. The number of aliphatic imine (C=N–C) groups is 1. The Hall–Kier alpha value is -1.33. The first kappa shape index (κ1) is 27.9. The molecule has 1 aromatic heterocycles. The quantitative estimate of drug-likeness (QED) is 0.194. The van der Waals surface area contributed by atoms with Crippen LogP contribution in [-0.2, 0) is 4.79 Å². The molecule has 1 amide bonds. The number of carbonyl (C=O) groups excluding carboxylic acids is 1. The molecular weight excluding hydrogens is 531 g/mol. The zero-order valence-electron chi connectivity index (χ0n) is 20.6. The first-order chi connectivity index (χ1) is 15.6. The number of furan rings is 1. The van der Waals surface area contributed by atoms with Crippen LogP contribution in [0.25, 0.3) is 0 Å². The molecular formula is C24H43IN6O2. The van der Waals surface area contributed by atoms with Gasteiger partial charge in [0.15, 0.2) is 5.96 Å². The van der Waals surface area contributed by atoms with Crippen molar-refractivity contribution in [3.63, 3.8) is 0 Å². The summed E-state index contributed by atoms with van der Waals surface area (Å²) in [7, 11) is 3.69. The first-order valence-corrected chi connectivity index (χ1v) is 12.3. The van der Waals surface area contributed by atoms with E-state index in [2.05, 4.69) is 33.4 Å². The van der Waals surface area contributed by atoms with Crippen LogP contribution in [0.1, 0.15) is 57.3 Å². The molecule has 0 saturated carbocycles. The molecule has 0 aliphatic carbocycles. The Morgan fingerprint density at radius 2 is 2.00 bits per heavy atom. The number of halogens is 1. The van der Waals surface area contributed by atoms with Gasteiger partial charge in [0.1, 0.15) is 5.76 Å². The summed E-state index contributed by atoms with van der Waals surface area (Å²) in [6.07, 6.45) is 8.61. The maximum absolute atomic E-state index is 12.4. The van der Waals surface area contributed by atoms with E-state index < -0.39 is 0 Å². The van der Waals surface area contributed by atoms with Gasteiger partial charge in [-0.15, -0.1) is 24.0 Å². The van der Waals surface area contributed by atoms with Gasteiger partial charge in [-0.1, -0.05) is 6.42 Å². The Balaban J connectivity index is 0.00000385. The minimum atomic E-state index is 0. The van der Waals surface area contributed by atoms with Gasteiger partial charge in [-0.25, -0.2) is 0 Å². The van der Waals surface area contributed by atoms with Crippen LogP contribution in [0, 0.1) is 0 Å². The second-order valence-electron chi connectivity index (χ2n) is 9.05. The lowest BCUT2D eigenvalue weighted by atomic mass is 10.1. The van der Waals surface area contributed by atoms with Crippen molar-refractivity contribution in [1.29, 1.82) is 0 Å². The highest BCUT2D eigenvalue weighted by Gasteiger charge is 2.31. The maximum Gasteiger partial charge on any atom is 0.239 e. The van der Waals surface area contributed by atoms with Gasteiger partial charge >= 0.3 is 0 Å². The lowest BCUT2D eigenvalue weighted by Crippen LogP contribution is -2.44. The Kier molecular flexibility index (Phi) is 12.5. The molecule has 0 radical (unpaired) electrons. The SMILES string of the molecule is CCNC(=NCC(c1ccco1)N1CCCCC1)NCCCN1CCCC1C(=O)N(C)C.I. The Morgan fingerprint density at radius 3 is 2.67 bits per heavy atom. The van der Waals surface area contributed by atoms with Gasteiger partial charge in [0.2, 0.25) is 5.91 Å². The Morgan fingerprint density at radius 1 is 1.21 bits per heavy atom. The van der Waals surface area contributed by atoms with Crippen molar-refractivity contribution >= 4 is 35.8 Å². The summed E-state index contributed by atoms with van der Waals surface area (Å²) in [6.45, 7) is 8.58. The average Bonchev–Trinajstić information content (AvgIpc) is 3.49. The van der Waals surface area contributed by atoms with Gasteiger partial charge in [-0.2, -0.15) is 0 Å². The molecule has 2 unspecified atom stereocenters. The second-order valence-corrected chi connectivity index (χ2v) is 9.05. The van der Waals surface area contributed by atoms with Crippen LogP contribution >= 0.6 is 24.0 Å².